The zero-order chi connectivity index (χ0) is 14.4. The summed E-state index contributed by atoms with van der Waals surface area (Å²) in [6.07, 6.45) is 0.788. The van der Waals surface area contributed by atoms with Crippen LogP contribution in [0.4, 0.5) is 11.4 Å². The molecule has 1 rings (SSSR count). The smallest absolute Gasteiger partial charge is 0.313 e. The average molecular weight is 263 g/mol. The van der Waals surface area contributed by atoms with E-state index in [-0.39, 0.29) is 6.04 Å². The van der Waals surface area contributed by atoms with Gasteiger partial charge in [0.15, 0.2) is 0 Å². The van der Waals surface area contributed by atoms with Crippen molar-refractivity contribution < 1.29 is 9.59 Å². The van der Waals surface area contributed by atoms with E-state index in [2.05, 4.69) is 10.6 Å². The molecule has 0 saturated heterocycles. The summed E-state index contributed by atoms with van der Waals surface area (Å²) in [6, 6.07) is 7.28. The minimum absolute atomic E-state index is 0.00522. The van der Waals surface area contributed by atoms with E-state index < -0.39 is 11.8 Å². The van der Waals surface area contributed by atoms with Gasteiger partial charge in [-0.1, -0.05) is 6.92 Å². The Morgan fingerprint density at radius 3 is 2.21 bits per heavy atom. The number of amides is 2. The highest BCUT2D eigenvalue weighted by molar-refractivity contribution is 6.39. The second-order valence-corrected chi connectivity index (χ2v) is 4.68. The fraction of sp³-hybridized carbons (Fsp3) is 0.429. The van der Waals surface area contributed by atoms with Gasteiger partial charge in [-0.05, 0) is 37.6 Å². The Labute approximate surface area is 114 Å². The van der Waals surface area contributed by atoms with E-state index >= 15 is 0 Å². The summed E-state index contributed by atoms with van der Waals surface area (Å²) >= 11 is 0. The summed E-state index contributed by atoms with van der Waals surface area (Å²) in [6.45, 7) is 3.81. The van der Waals surface area contributed by atoms with Gasteiger partial charge in [0, 0.05) is 31.5 Å². The zero-order valence-electron chi connectivity index (χ0n) is 11.9. The van der Waals surface area contributed by atoms with Crippen molar-refractivity contribution in [3.63, 3.8) is 0 Å². The van der Waals surface area contributed by atoms with Crippen molar-refractivity contribution in [1.29, 1.82) is 0 Å². The van der Waals surface area contributed by atoms with Crippen LogP contribution in [0.15, 0.2) is 24.3 Å². The van der Waals surface area contributed by atoms with Gasteiger partial charge in [-0.25, -0.2) is 0 Å². The lowest BCUT2D eigenvalue weighted by atomic mass is 10.2. The van der Waals surface area contributed by atoms with E-state index in [4.69, 9.17) is 0 Å². The van der Waals surface area contributed by atoms with Gasteiger partial charge in [0.05, 0.1) is 0 Å². The van der Waals surface area contributed by atoms with Crippen molar-refractivity contribution in [2.45, 2.75) is 26.3 Å². The molecule has 0 unspecified atom stereocenters. The fourth-order valence-corrected chi connectivity index (χ4v) is 1.42. The van der Waals surface area contributed by atoms with Crippen LogP contribution < -0.4 is 15.5 Å². The molecule has 5 heteroatoms. The van der Waals surface area contributed by atoms with Crippen LogP contribution in [-0.2, 0) is 9.59 Å². The first-order valence-electron chi connectivity index (χ1n) is 6.33. The van der Waals surface area contributed by atoms with Crippen molar-refractivity contribution in [3.8, 4) is 0 Å². The SMILES string of the molecule is CC[C@@H](C)NC(=O)C(=O)Nc1ccc(N(C)C)cc1. The van der Waals surface area contributed by atoms with Crippen LogP contribution >= 0.6 is 0 Å². The Morgan fingerprint density at radius 1 is 1.16 bits per heavy atom. The molecule has 0 aliphatic heterocycles. The van der Waals surface area contributed by atoms with Crippen LogP contribution in [0.25, 0.3) is 0 Å². The number of carbonyl (C=O) groups excluding carboxylic acids is 2. The Hall–Kier alpha value is -2.04. The molecule has 2 N–H and O–H groups in total. The summed E-state index contributed by atoms with van der Waals surface area (Å²) in [4.78, 5) is 25.2. The third kappa shape index (κ3) is 4.62. The molecule has 0 aliphatic carbocycles. The van der Waals surface area contributed by atoms with E-state index in [1.54, 1.807) is 12.1 Å². The molecule has 1 atom stereocenters. The van der Waals surface area contributed by atoms with Crippen LogP contribution in [0, 0.1) is 0 Å². The first-order chi connectivity index (χ1) is 8.93. The quantitative estimate of drug-likeness (QED) is 0.811. The van der Waals surface area contributed by atoms with Gasteiger partial charge in [-0.3, -0.25) is 9.59 Å². The first kappa shape index (κ1) is 15.0. The molecular formula is C14H21N3O2. The summed E-state index contributed by atoms with van der Waals surface area (Å²) in [7, 11) is 3.88. The maximum absolute atomic E-state index is 11.6. The molecule has 0 radical (unpaired) electrons. The first-order valence-corrected chi connectivity index (χ1v) is 6.33. The summed E-state index contributed by atoms with van der Waals surface area (Å²) in [5.74, 6) is -1.25. The number of carbonyl (C=O) groups is 2. The van der Waals surface area contributed by atoms with Crippen LogP contribution in [0.3, 0.4) is 0 Å². The summed E-state index contributed by atoms with van der Waals surface area (Å²) in [5.41, 5.74) is 1.64. The van der Waals surface area contributed by atoms with E-state index in [1.807, 2.05) is 45.0 Å². The lowest BCUT2D eigenvalue weighted by molar-refractivity contribution is -0.136. The second-order valence-electron chi connectivity index (χ2n) is 4.68. The topological polar surface area (TPSA) is 61.4 Å². The highest BCUT2D eigenvalue weighted by Crippen LogP contribution is 2.15. The molecule has 0 aromatic heterocycles. The van der Waals surface area contributed by atoms with Gasteiger partial charge >= 0.3 is 11.8 Å². The summed E-state index contributed by atoms with van der Waals surface area (Å²) < 4.78 is 0. The number of rotatable bonds is 4. The van der Waals surface area contributed by atoms with Gasteiger partial charge in [-0.15, -0.1) is 0 Å². The number of benzene rings is 1. The largest absolute Gasteiger partial charge is 0.378 e. The minimum atomic E-state index is -0.641. The van der Waals surface area contributed by atoms with E-state index in [1.165, 1.54) is 0 Å². The van der Waals surface area contributed by atoms with Gasteiger partial charge in [-0.2, -0.15) is 0 Å². The lowest BCUT2D eigenvalue weighted by Crippen LogP contribution is -2.40. The van der Waals surface area contributed by atoms with Gasteiger partial charge < -0.3 is 15.5 Å². The van der Waals surface area contributed by atoms with Crippen molar-refractivity contribution in [3.05, 3.63) is 24.3 Å². The fourth-order valence-electron chi connectivity index (χ4n) is 1.42. The van der Waals surface area contributed by atoms with Crippen LogP contribution in [0.2, 0.25) is 0 Å². The third-order valence-electron chi connectivity index (χ3n) is 2.84. The average Bonchev–Trinajstić information content (AvgIpc) is 2.38. The Kier molecular flexibility index (Phi) is 5.36. The van der Waals surface area contributed by atoms with E-state index in [0.717, 1.165) is 12.1 Å². The van der Waals surface area contributed by atoms with Crippen LogP contribution in [-0.4, -0.2) is 32.0 Å². The molecule has 1 aromatic carbocycles. The Morgan fingerprint density at radius 2 is 1.74 bits per heavy atom. The normalized spacial score (nSPS) is 11.6. The molecule has 2 amide bonds. The van der Waals surface area contributed by atoms with Gasteiger partial charge in [0.25, 0.3) is 0 Å². The molecule has 0 bridgehead atoms. The van der Waals surface area contributed by atoms with E-state index in [0.29, 0.717) is 5.69 Å². The summed E-state index contributed by atoms with van der Waals surface area (Å²) in [5, 5.41) is 5.19. The third-order valence-corrected chi connectivity index (χ3v) is 2.84. The highest BCUT2D eigenvalue weighted by atomic mass is 16.2. The number of hydrogen-bond acceptors (Lipinski definition) is 3. The molecular weight excluding hydrogens is 242 g/mol. The van der Waals surface area contributed by atoms with Gasteiger partial charge in [0.2, 0.25) is 0 Å². The maximum atomic E-state index is 11.6. The minimum Gasteiger partial charge on any atom is -0.378 e. The predicted molar refractivity (Wildman–Crippen MR) is 77.3 cm³/mol. The van der Waals surface area contributed by atoms with Crippen molar-refractivity contribution in [2.75, 3.05) is 24.3 Å². The number of anilines is 2. The Bertz CT molecular complexity index is 441. The van der Waals surface area contributed by atoms with E-state index in [9.17, 15) is 9.59 Å². The molecule has 19 heavy (non-hydrogen) atoms. The molecule has 0 heterocycles. The molecule has 0 spiro atoms. The monoisotopic (exact) mass is 263 g/mol. The maximum Gasteiger partial charge on any atom is 0.313 e. The van der Waals surface area contributed by atoms with Gasteiger partial charge in [0.1, 0.15) is 0 Å². The molecule has 5 nitrogen and oxygen atoms in total. The van der Waals surface area contributed by atoms with Crippen molar-refractivity contribution >= 4 is 23.2 Å². The van der Waals surface area contributed by atoms with Crippen LogP contribution in [0.1, 0.15) is 20.3 Å². The molecule has 0 saturated carbocycles. The number of nitrogens with zero attached hydrogens (tertiary/aromatic N) is 1. The molecule has 1 aromatic rings. The predicted octanol–water partition coefficient (Wildman–Crippen LogP) is 1.61. The standard InChI is InChI=1S/C14H21N3O2/c1-5-10(2)15-13(18)14(19)16-11-6-8-12(9-7-11)17(3)4/h6-10H,5H2,1-4H3,(H,15,18)(H,16,19)/t10-/m1/s1. The van der Waals surface area contributed by atoms with Crippen LogP contribution in [0.5, 0.6) is 0 Å². The Balaban J connectivity index is 2.59. The number of nitrogens with one attached hydrogen (secondary N) is 2. The molecule has 104 valence electrons. The highest BCUT2D eigenvalue weighted by Gasteiger charge is 2.15. The molecule has 0 fully saturated rings. The second kappa shape index (κ2) is 6.78. The van der Waals surface area contributed by atoms with Crippen molar-refractivity contribution in [1.82, 2.24) is 5.32 Å². The van der Waals surface area contributed by atoms with Crippen molar-refractivity contribution in [2.24, 2.45) is 0 Å². The zero-order valence-corrected chi connectivity index (χ0v) is 11.9. The molecule has 0 aliphatic rings. The number of hydrogen-bond donors (Lipinski definition) is 2. The lowest BCUT2D eigenvalue weighted by Gasteiger charge is -2.13.